The van der Waals surface area contributed by atoms with Gasteiger partial charge in [0.15, 0.2) is 0 Å². The number of aliphatic hydroxyl groups excluding tert-OH is 1. The van der Waals surface area contributed by atoms with E-state index in [1.807, 2.05) is 6.92 Å². The number of hydrogen-bond acceptors (Lipinski definition) is 4. The van der Waals surface area contributed by atoms with Gasteiger partial charge < -0.3 is 21.1 Å². The summed E-state index contributed by atoms with van der Waals surface area (Å²) in [7, 11) is 0. The molecule has 1 aromatic carbocycles. The van der Waals surface area contributed by atoms with Gasteiger partial charge in [0.1, 0.15) is 0 Å². The molecule has 0 spiro atoms. The van der Waals surface area contributed by atoms with Crippen LogP contribution in [0.4, 0.5) is 5.69 Å². The zero-order valence-corrected chi connectivity index (χ0v) is 12.1. The third-order valence-corrected chi connectivity index (χ3v) is 3.39. The van der Waals surface area contributed by atoms with Crippen molar-refractivity contribution in [1.29, 1.82) is 0 Å². The third kappa shape index (κ3) is 4.03. The lowest BCUT2D eigenvalue weighted by Crippen LogP contribution is -2.36. The second-order valence-corrected chi connectivity index (χ2v) is 5.14. The van der Waals surface area contributed by atoms with Crippen LogP contribution in [-0.2, 0) is 4.79 Å². The zero-order chi connectivity index (χ0) is 15.2. The number of aliphatic hydroxyl groups is 1. The Morgan fingerprint density at radius 3 is 2.81 bits per heavy atom. The molecule has 2 atom stereocenters. The van der Waals surface area contributed by atoms with Crippen molar-refractivity contribution in [2.75, 3.05) is 18.4 Å². The van der Waals surface area contributed by atoms with Crippen molar-refractivity contribution in [3.8, 4) is 0 Å². The Kier molecular flexibility index (Phi) is 5.30. The van der Waals surface area contributed by atoms with Gasteiger partial charge in [-0.1, -0.05) is 19.1 Å². The summed E-state index contributed by atoms with van der Waals surface area (Å²) in [5.74, 6) is -0.436. The smallest absolute Gasteiger partial charge is 0.253 e. The molecule has 2 rings (SSSR count). The van der Waals surface area contributed by atoms with E-state index in [1.165, 1.54) is 0 Å². The van der Waals surface area contributed by atoms with Crippen LogP contribution in [0, 0.1) is 0 Å². The quantitative estimate of drug-likeness (QED) is 0.635. The maximum absolute atomic E-state index is 12.1. The first-order valence-electron chi connectivity index (χ1n) is 7.21. The first kappa shape index (κ1) is 15.5. The Bertz CT molecular complexity index is 519. The largest absolute Gasteiger partial charge is 0.392 e. The molecule has 6 heteroatoms. The lowest BCUT2D eigenvalue weighted by atomic mass is 10.1. The SMILES string of the molecule is CCCNC(=O)c1ccccc1NC(=O)C1CC(O)CN1. The van der Waals surface area contributed by atoms with Crippen LogP contribution in [0.25, 0.3) is 0 Å². The monoisotopic (exact) mass is 291 g/mol. The fourth-order valence-electron chi connectivity index (χ4n) is 2.26. The number of β-amino-alcohol motifs (C(OH)–C–C–N with tert-alkyl or cyclic N) is 1. The van der Waals surface area contributed by atoms with Gasteiger partial charge in [-0.3, -0.25) is 9.59 Å². The van der Waals surface area contributed by atoms with Gasteiger partial charge in [0.2, 0.25) is 5.91 Å². The molecule has 21 heavy (non-hydrogen) atoms. The number of carbonyl (C=O) groups excluding carboxylic acids is 2. The highest BCUT2D eigenvalue weighted by atomic mass is 16.3. The summed E-state index contributed by atoms with van der Waals surface area (Å²) in [5.41, 5.74) is 0.928. The van der Waals surface area contributed by atoms with Gasteiger partial charge in [-0.15, -0.1) is 0 Å². The minimum Gasteiger partial charge on any atom is -0.392 e. The van der Waals surface area contributed by atoms with Crippen LogP contribution in [0.2, 0.25) is 0 Å². The van der Waals surface area contributed by atoms with Crippen LogP contribution in [0.1, 0.15) is 30.1 Å². The molecule has 4 N–H and O–H groups in total. The highest BCUT2D eigenvalue weighted by Gasteiger charge is 2.28. The first-order valence-corrected chi connectivity index (χ1v) is 7.21. The third-order valence-electron chi connectivity index (χ3n) is 3.39. The van der Waals surface area contributed by atoms with Gasteiger partial charge in [-0.05, 0) is 25.0 Å². The van der Waals surface area contributed by atoms with Crippen LogP contribution >= 0.6 is 0 Å². The molecule has 1 aliphatic rings. The summed E-state index contributed by atoms with van der Waals surface area (Å²) >= 11 is 0. The molecule has 1 fully saturated rings. The van der Waals surface area contributed by atoms with Crippen LogP contribution in [0.3, 0.4) is 0 Å². The van der Waals surface area contributed by atoms with Crippen molar-refractivity contribution in [1.82, 2.24) is 10.6 Å². The number of amides is 2. The zero-order valence-electron chi connectivity index (χ0n) is 12.1. The van der Waals surface area contributed by atoms with Crippen molar-refractivity contribution >= 4 is 17.5 Å². The van der Waals surface area contributed by atoms with Gasteiger partial charge in [0, 0.05) is 13.1 Å². The molecule has 1 saturated heterocycles. The Morgan fingerprint density at radius 1 is 1.38 bits per heavy atom. The Hall–Kier alpha value is -1.92. The van der Waals surface area contributed by atoms with E-state index >= 15 is 0 Å². The van der Waals surface area contributed by atoms with E-state index in [4.69, 9.17) is 0 Å². The molecule has 2 amide bonds. The number of nitrogens with one attached hydrogen (secondary N) is 3. The molecule has 1 heterocycles. The summed E-state index contributed by atoms with van der Waals surface area (Å²) in [5, 5.41) is 17.9. The van der Waals surface area contributed by atoms with Gasteiger partial charge in [0.05, 0.1) is 23.4 Å². The molecule has 0 aromatic heterocycles. The number of anilines is 1. The van der Waals surface area contributed by atoms with Crippen LogP contribution in [0.15, 0.2) is 24.3 Å². The molecule has 1 aromatic rings. The van der Waals surface area contributed by atoms with Gasteiger partial charge in [0.25, 0.3) is 5.91 Å². The van der Waals surface area contributed by atoms with E-state index < -0.39 is 12.1 Å². The van der Waals surface area contributed by atoms with Crippen molar-refractivity contribution < 1.29 is 14.7 Å². The van der Waals surface area contributed by atoms with E-state index in [-0.39, 0.29) is 11.8 Å². The molecule has 0 saturated carbocycles. The van der Waals surface area contributed by atoms with E-state index in [0.29, 0.717) is 30.8 Å². The molecule has 0 bridgehead atoms. The fourth-order valence-corrected chi connectivity index (χ4v) is 2.26. The normalized spacial score (nSPS) is 21.0. The molecular weight excluding hydrogens is 270 g/mol. The number of carbonyl (C=O) groups is 2. The van der Waals surface area contributed by atoms with E-state index in [9.17, 15) is 14.7 Å². The van der Waals surface area contributed by atoms with E-state index in [0.717, 1.165) is 6.42 Å². The number of benzene rings is 1. The maximum Gasteiger partial charge on any atom is 0.253 e. The van der Waals surface area contributed by atoms with Crippen LogP contribution in [-0.4, -0.2) is 42.2 Å². The molecule has 2 unspecified atom stereocenters. The minimum absolute atomic E-state index is 0.202. The highest BCUT2D eigenvalue weighted by molar-refractivity contribution is 6.04. The number of para-hydroxylation sites is 1. The first-order chi connectivity index (χ1) is 10.1. The highest BCUT2D eigenvalue weighted by Crippen LogP contribution is 2.17. The van der Waals surface area contributed by atoms with Crippen molar-refractivity contribution in [3.63, 3.8) is 0 Å². The summed E-state index contributed by atoms with van der Waals surface area (Å²) in [6, 6.07) is 6.48. The summed E-state index contributed by atoms with van der Waals surface area (Å²) in [6.07, 6.45) is 0.740. The Morgan fingerprint density at radius 2 is 2.14 bits per heavy atom. The second-order valence-electron chi connectivity index (χ2n) is 5.14. The van der Waals surface area contributed by atoms with Crippen LogP contribution in [0.5, 0.6) is 0 Å². The average molecular weight is 291 g/mol. The van der Waals surface area contributed by atoms with Crippen molar-refractivity contribution in [3.05, 3.63) is 29.8 Å². The molecule has 6 nitrogen and oxygen atoms in total. The van der Waals surface area contributed by atoms with Gasteiger partial charge in [-0.25, -0.2) is 0 Å². The van der Waals surface area contributed by atoms with Crippen molar-refractivity contribution in [2.45, 2.75) is 31.9 Å². The second kappa shape index (κ2) is 7.19. The lowest BCUT2D eigenvalue weighted by Gasteiger charge is -2.14. The van der Waals surface area contributed by atoms with Gasteiger partial charge in [-0.2, -0.15) is 0 Å². The molecule has 1 aliphatic heterocycles. The van der Waals surface area contributed by atoms with Crippen molar-refractivity contribution in [2.24, 2.45) is 0 Å². The molecule has 0 aliphatic carbocycles. The van der Waals surface area contributed by atoms with E-state index in [2.05, 4.69) is 16.0 Å². The Labute approximate surface area is 123 Å². The van der Waals surface area contributed by atoms with Gasteiger partial charge >= 0.3 is 0 Å². The predicted octanol–water partition coefficient (Wildman–Crippen LogP) is 0.488. The number of rotatable bonds is 5. The Balaban J connectivity index is 2.06. The molecule has 0 radical (unpaired) electrons. The number of hydrogen-bond donors (Lipinski definition) is 4. The maximum atomic E-state index is 12.1. The molecular formula is C15H21N3O3. The standard InChI is InChI=1S/C15H21N3O3/c1-2-7-16-14(20)11-5-3-4-6-12(11)18-15(21)13-8-10(19)9-17-13/h3-6,10,13,17,19H,2,7-9H2,1H3,(H,16,20)(H,18,21). The molecule has 114 valence electrons. The predicted molar refractivity (Wildman–Crippen MR) is 80.1 cm³/mol. The summed E-state index contributed by atoms with van der Waals surface area (Å²) in [4.78, 5) is 24.2. The topological polar surface area (TPSA) is 90.5 Å². The summed E-state index contributed by atoms with van der Waals surface area (Å²) in [6.45, 7) is 2.99. The van der Waals surface area contributed by atoms with E-state index in [1.54, 1.807) is 24.3 Å². The summed E-state index contributed by atoms with van der Waals surface area (Å²) < 4.78 is 0. The lowest BCUT2D eigenvalue weighted by molar-refractivity contribution is -0.117. The van der Waals surface area contributed by atoms with Crippen LogP contribution < -0.4 is 16.0 Å². The fraction of sp³-hybridized carbons (Fsp3) is 0.467. The minimum atomic E-state index is -0.496. The average Bonchev–Trinajstić information content (AvgIpc) is 2.92.